The van der Waals surface area contributed by atoms with Gasteiger partial charge in [-0.2, -0.15) is 0 Å². The van der Waals surface area contributed by atoms with Crippen molar-refractivity contribution < 1.29 is 4.79 Å². The Balaban J connectivity index is 1.67. The summed E-state index contributed by atoms with van der Waals surface area (Å²) in [7, 11) is 0. The molecule has 1 aliphatic heterocycles. The smallest absolute Gasteiger partial charge is 0.237 e. The SMILES string of the molecule is O=C(NCCc1cnc[nH]1)[C@@H]1CCCCN1. The zero-order chi connectivity index (χ0) is 11.2. The van der Waals surface area contributed by atoms with Crippen LogP contribution in [-0.2, 0) is 11.2 Å². The molecule has 0 radical (unpaired) electrons. The van der Waals surface area contributed by atoms with E-state index >= 15 is 0 Å². The van der Waals surface area contributed by atoms with E-state index in [4.69, 9.17) is 0 Å². The first kappa shape index (κ1) is 11.1. The van der Waals surface area contributed by atoms with Crippen LogP contribution in [0.15, 0.2) is 12.5 Å². The fraction of sp³-hybridized carbons (Fsp3) is 0.636. The first-order valence-corrected chi connectivity index (χ1v) is 5.84. The number of carbonyl (C=O) groups is 1. The molecule has 0 aromatic carbocycles. The van der Waals surface area contributed by atoms with Crippen LogP contribution < -0.4 is 10.6 Å². The summed E-state index contributed by atoms with van der Waals surface area (Å²) in [6.45, 7) is 1.62. The summed E-state index contributed by atoms with van der Waals surface area (Å²) in [5.74, 6) is 0.124. The van der Waals surface area contributed by atoms with E-state index in [1.54, 1.807) is 12.5 Å². The fourth-order valence-electron chi connectivity index (χ4n) is 1.94. The highest BCUT2D eigenvalue weighted by atomic mass is 16.2. The van der Waals surface area contributed by atoms with Crippen molar-refractivity contribution in [2.24, 2.45) is 0 Å². The van der Waals surface area contributed by atoms with Gasteiger partial charge >= 0.3 is 0 Å². The van der Waals surface area contributed by atoms with Gasteiger partial charge in [-0.05, 0) is 19.4 Å². The van der Waals surface area contributed by atoms with Crippen LogP contribution >= 0.6 is 0 Å². The lowest BCUT2D eigenvalue weighted by atomic mass is 10.0. The number of H-pyrrole nitrogens is 1. The molecule has 0 unspecified atom stereocenters. The van der Waals surface area contributed by atoms with Gasteiger partial charge in [0.05, 0.1) is 12.4 Å². The van der Waals surface area contributed by atoms with Gasteiger partial charge in [0, 0.05) is 24.9 Å². The molecule has 2 rings (SSSR count). The molecule has 3 N–H and O–H groups in total. The lowest BCUT2D eigenvalue weighted by molar-refractivity contribution is -0.123. The third-order valence-electron chi connectivity index (χ3n) is 2.88. The number of hydrogen-bond acceptors (Lipinski definition) is 3. The quantitative estimate of drug-likeness (QED) is 0.682. The first-order chi connectivity index (χ1) is 7.86. The maximum absolute atomic E-state index is 11.7. The number of amides is 1. The second kappa shape index (κ2) is 5.65. The molecular formula is C11H18N4O. The van der Waals surface area contributed by atoms with Crippen molar-refractivity contribution in [3.63, 3.8) is 0 Å². The second-order valence-electron chi connectivity index (χ2n) is 4.12. The lowest BCUT2D eigenvalue weighted by Crippen LogP contribution is -2.47. The molecule has 0 saturated carbocycles. The van der Waals surface area contributed by atoms with Crippen molar-refractivity contribution in [1.29, 1.82) is 0 Å². The van der Waals surface area contributed by atoms with E-state index < -0.39 is 0 Å². The molecule has 5 nitrogen and oxygen atoms in total. The molecule has 88 valence electrons. The number of aromatic amines is 1. The summed E-state index contributed by atoms with van der Waals surface area (Å²) >= 11 is 0. The van der Waals surface area contributed by atoms with Crippen LogP contribution in [-0.4, -0.2) is 35.0 Å². The van der Waals surface area contributed by atoms with E-state index in [9.17, 15) is 4.79 Å². The highest BCUT2D eigenvalue weighted by molar-refractivity contribution is 5.81. The number of piperidine rings is 1. The van der Waals surface area contributed by atoms with Crippen LogP contribution in [0, 0.1) is 0 Å². The zero-order valence-electron chi connectivity index (χ0n) is 9.33. The number of imidazole rings is 1. The number of hydrogen-bond donors (Lipinski definition) is 3. The predicted molar refractivity (Wildman–Crippen MR) is 60.9 cm³/mol. The monoisotopic (exact) mass is 222 g/mol. The Morgan fingerprint density at radius 3 is 3.19 bits per heavy atom. The maximum Gasteiger partial charge on any atom is 0.237 e. The van der Waals surface area contributed by atoms with Gasteiger partial charge in [0.15, 0.2) is 0 Å². The van der Waals surface area contributed by atoms with Crippen LogP contribution in [0.4, 0.5) is 0 Å². The van der Waals surface area contributed by atoms with Gasteiger partial charge in [0.25, 0.3) is 0 Å². The highest BCUT2D eigenvalue weighted by Gasteiger charge is 2.19. The van der Waals surface area contributed by atoms with E-state index in [0.717, 1.165) is 31.5 Å². The molecule has 2 heterocycles. The minimum atomic E-state index is 0.00974. The Hall–Kier alpha value is -1.36. The van der Waals surface area contributed by atoms with E-state index in [1.165, 1.54) is 6.42 Å². The zero-order valence-corrected chi connectivity index (χ0v) is 9.33. The third-order valence-corrected chi connectivity index (χ3v) is 2.88. The highest BCUT2D eigenvalue weighted by Crippen LogP contribution is 2.06. The second-order valence-corrected chi connectivity index (χ2v) is 4.12. The summed E-state index contributed by atoms with van der Waals surface area (Å²) in [6.07, 6.45) is 7.52. The normalized spacial score (nSPS) is 20.6. The molecule has 1 saturated heterocycles. The maximum atomic E-state index is 11.7. The molecule has 0 bridgehead atoms. The Morgan fingerprint density at radius 2 is 2.50 bits per heavy atom. The van der Waals surface area contributed by atoms with Crippen LogP contribution in [0.5, 0.6) is 0 Å². The average molecular weight is 222 g/mol. The molecule has 1 fully saturated rings. The fourth-order valence-corrected chi connectivity index (χ4v) is 1.94. The Labute approximate surface area is 95.0 Å². The lowest BCUT2D eigenvalue weighted by Gasteiger charge is -2.22. The average Bonchev–Trinajstić information content (AvgIpc) is 2.83. The van der Waals surface area contributed by atoms with Crippen molar-refractivity contribution >= 4 is 5.91 Å². The number of nitrogens with one attached hydrogen (secondary N) is 3. The molecular weight excluding hydrogens is 204 g/mol. The Bertz CT molecular complexity index is 317. The molecule has 1 aromatic heterocycles. The number of carbonyl (C=O) groups excluding carboxylic acids is 1. The van der Waals surface area contributed by atoms with E-state index in [-0.39, 0.29) is 11.9 Å². The summed E-state index contributed by atoms with van der Waals surface area (Å²) in [5, 5.41) is 6.17. The standard InChI is InChI=1S/C11H18N4O/c16-11(10-3-1-2-5-13-10)14-6-4-9-7-12-8-15-9/h7-8,10,13H,1-6H2,(H,12,15)(H,14,16)/t10-/m0/s1. The van der Waals surface area contributed by atoms with Gasteiger partial charge in [-0.15, -0.1) is 0 Å². The van der Waals surface area contributed by atoms with Gasteiger partial charge in [-0.3, -0.25) is 4.79 Å². The van der Waals surface area contributed by atoms with Gasteiger partial charge in [-0.25, -0.2) is 4.98 Å². The van der Waals surface area contributed by atoms with Crippen LogP contribution in [0.3, 0.4) is 0 Å². The van der Waals surface area contributed by atoms with Crippen molar-refractivity contribution in [3.05, 3.63) is 18.2 Å². The molecule has 1 aliphatic rings. The molecule has 0 spiro atoms. The number of nitrogens with zero attached hydrogens (tertiary/aromatic N) is 1. The summed E-state index contributed by atoms with van der Waals surface area (Å²) < 4.78 is 0. The van der Waals surface area contributed by atoms with Crippen molar-refractivity contribution in [1.82, 2.24) is 20.6 Å². The van der Waals surface area contributed by atoms with Crippen LogP contribution in [0.1, 0.15) is 25.0 Å². The van der Waals surface area contributed by atoms with Crippen LogP contribution in [0.25, 0.3) is 0 Å². The van der Waals surface area contributed by atoms with Crippen molar-refractivity contribution in [3.8, 4) is 0 Å². The van der Waals surface area contributed by atoms with Gasteiger partial charge in [0.2, 0.25) is 5.91 Å². The Morgan fingerprint density at radius 1 is 1.56 bits per heavy atom. The minimum absolute atomic E-state index is 0.00974. The Kier molecular flexibility index (Phi) is 3.93. The summed E-state index contributed by atoms with van der Waals surface area (Å²) in [6, 6.07) is 0.00974. The van der Waals surface area contributed by atoms with Crippen molar-refractivity contribution in [2.75, 3.05) is 13.1 Å². The molecule has 16 heavy (non-hydrogen) atoms. The molecule has 0 aliphatic carbocycles. The molecule has 5 heteroatoms. The molecule has 1 aromatic rings. The van der Waals surface area contributed by atoms with Gasteiger partial charge < -0.3 is 15.6 Å². The number of aromatic nitrogens is 2. The number of rotatable bonds is 4. The van der Waals surface area contributed by atoms with Crippen LogP contribution in [0.2, 0.25) is 0 Å². The third kappa shape index (κ3) is 3.06. The van der Waals surface area contributed by atoms with E-state index in [1.807, 2.05) is 0 Å². The predicted octanol–water partition coefficient (Wildman–Crippen LogP) is 0.210. The first-order valence-electron chi connectivity index (χ1n) is 5.84. The van der Waals surface area contributed by atoms with Gasteiger partial charge in [0.1, 0.15) is 0 Å². The van der Waals surface area contributed by atoms with E-state index in [2.05, 4.69) is 20.6 Å². The summed E-state index contributed by atoms with van der Waals surface area (Å²) in [4.78, 5) is 18.7. The molecule has 1 amide bonds. The molecule has 1 atom stereocenters. The van der Waals surface area contributed by atoms with Gasteiger partial charge in [-0.1, -0.05) is 6.42 Å². The van der Waals surface area contributed by atoms with Crippen molar-refractivity contribution in [2.45, 2.75) is 31.7 Å². The topological polar surface area (TPSA) is 69.8 Å². The largest absolute Gasteiger partial charge is 0.354 e. The summed E-state index contributed by atoms with van der Waals surface area (Å²) in [5.41, 5.74) is 1.05. The minimum Gasteiger partial charge on any atom is -0.354 e. The van der Waals surface area contributed by atoms with E-state index in [0.29, 0.717) is 6.54 Å².